The van der Waals surface area contributed by atoms with Gasteiger partial charge in [-0.3, -0.25) is 0 Å². The summed E-state index contributed by atoms with van der Waals surface area (Å²) in [5.41, 5.74) is 9.57. The van der Waals surface area contributed by atoms with Crippen LogP contribution in [0.4, 0.5) is 11.4 Å². The van der Waals surface area contributed by atoms with Gasteiger partial charge in [-0.1, -0.05) is 123 Å². The molecule has 1 aliphatic rings. The molecule has 0 N–H and O–H groups in total. The second-order valence-corrected chi connectivity index (χ2v) is 14.3. The van der Waals surface area contributed by atoms with Gasteiger partial charge >= 0.3 is 0 Å². The smallest absolute Gasteiger partial charge is 0.135 e. The number of anilines is 2. The van der Waals surface area contributed by atoms with Crippen molar-refractivity contribution >= 4 is 33.2 Å². The molecule has 3 heterocycles. The van der Waals surface area contributed by atoms with Gasteiger partial charge in [-0.05, 0) is 64.2 Å². The second-order valence-electron chi connectivity index (χ2n) is 14.3. The third-order valence-corrected chi connectivity index (χ3v) is 9.74. The van der Waals surface area contributed by atoms with Crippen molar-refractivity contribution < 1.29 is 25.8 Å². The molecule has 0 atom stereocenters. The van der Waals surface area contributed by atoms with Gasteiger partial charge in [0.2, 0.25) is 0 Å². The van der Waals surface area contributed by atoms with Crippen molar-refractivity contribution in [2.45, 2.75) is 26.2 Å². The van der Waals surface area contributed by atoms with Crippen LogP contribution in [0.25, 0.3) is 49.9 Å². The largest absolute Gasteiger partial charge is 0.509 e. The van der Waals surface area contributed by atoms with Crippen LogP contribution in [-0.2, 0) is 26.5 Å². The number of hydrogen-bond acceptors (Lipinski definition) is 4. The van der Waals surface area contributed by atoms with Gasteiger partial charge in [-0.25, -0.2) is 4.98 Å². The fourth-order valence-corrected chi connectivity index (χ4v) is 7.02. The summed E-state index contributed by atoms with van der Waals surface area (Å²) in [5, 5.41) is 2.23. The van der Waals surface area contributed by atoms with Gasteiger partial charge in [-0.15, -0.1) is 53.6 Å². The van der Waals surface area contributed by atoms with Crippen LogP contribution >= 0.6 is 0 Å². The quantitative estimate of drug-likeness (QED) is 0.149. The van der Waals surface area contributed by atoms with E-state index >= 15 is 0 Å². The minimum atomic E-state index is -0.0178. The van der Waals surface area contributed by atoms with Gasteiger partial charge in [0.15, 0.2) is 0 Å². The zero-order chi connectivity index (χ0) is 35.9. The van der Waals surface area contributed by atoms with Crippen LogP contribution in [0, 0.1) is 18.8 Å². The van der Waals surface area contributed by atoms with E-state index in [0.29, 0.717) is 11.5 Å². The molecule has 0 spiro atoms. The number of hydrogen-bond donors (Lipinski definition) is 0. The first-order valence-corrected chi connectivity index (χ1v) is 17.9. The molecule has 6 heteroatoms. The standard InChI is InChI=1S/C48H37N4O.Pt/c1-48(2,3)37-24-25-49-47(30-37)52-45-21-13-11-19-42(45)43-23-22-39(32-46(43)52)53-40-29-36(34-14-6-4-7-15-34)28-38(31-40)50-26-27-51(33-50)44-20-12-10-18-41(44)35-16-8-5-9-17-35;/h4-30,33H,1-3H3;/q-3;. The van der Waals surface area contributed by atoms with Crippen molar-refractivity contribution in [2.75, 3.05) is 9.80 Å². The van der Waals surface area contributed by atoms with Gasteiger partial charge < -0.3 is 19.1 Å². The zero-order valence-corrected chi connectivity index (χ0v) is 32.5. The number of pyridine rings is 1. The number of fused-ring (bicyclic) bond motifs is 3. The summed E-state index contributed by atoms with van der Waals surface area (Å²) < 4.78 is 8.87. The number of aromatic nitrogens is 2. The first-order chi connectivity index (χ1) is 25.9. The molecule has 0 amide bonds. The van der Waals surface area contributed by atoms with Crippen LogP contribution in [0.15, 0.2) is 164 Å². The molecule has 0 bridgehead atoms. The maximum Gasteiger partial charge on any atom is 0.135 e. The Bertz CT molecular complexity index is 2620. The fourth-order valence-electron chi connectivity index (χ4n) is 7.02. The molecule has 5 nitrogen and oxygen atoms in total. The van der Waals surface area contributed by atoms with E-state index in [4.69, 9.17) is 9.72 Å². The van der Waals surface area contributed by atoms with Crippen molar-refractivity contribution in [1.29, 1.82) is 0 Å². The molecular formula is C48H37N4OPt-3. The number of ether oxygens (including phenoxy) is 1. The summed E-state index contributed by atoms with van der Waals surface area (Å²) in [6, 6.07) is 57.5. The number of para-hydroxylation sites is 2. The van der Waals surface area contributed by atoms with E-state index in [1.807, 2.05) is 30.5 Å². The van der Waals surface area contributed by atoms with Crippen molar-refractivity contribution in [2.24, 2.45) is 0 Å². The summed E-state index contributed by atoms with van der Waals surface area (Å²) >= 11 is 0. The molecule has 9 rings (SSSR count). The van der Waals surface area contributed by atoms with E-state index in [1.54, 1.807) is 0 Å². The maximum absolute atomic E-state index is 6.68. The first-order valence-electron chi connectivity index (χ1n) is 17.9. The number of rotatable bonds is 7. The molecule has 0 aliphatic carbocycles. The Morgan fingerprint density at radius 3 is 2.11 bits per heavy atom. The monoisotopic (exact) mass is 880 g/mol. The van der Waals surface area contributed by atoms with Crippen LogP contribution in [-0.4, -0.2) is 9.55 Å². The van der Waals surface area contributed by atoms with Crippen LogP contribution in [0.5, 0.6) is 11.5 Å². The van der Waals surface area contributed by atoms with Crippen molar-refractivity contribution in [3.8, 4) is 39.6 Å². The molecule has 2 aromatic heterocycles. The van der Waals surface area contributed by atoms with Gasteiger partial charge in [0.1, 0.15) is 5.82 Å². The molecule has 0 unspecified atom stereocenters. The molecule has 6 aromatic carbocycles. The molecule has 0 saturated carbocycles. The minimum absolute atomic E-state index is 0. The maximum atomic E-state index is 6.68. The van der Waals surface area contributed by atoms with Gasteiger partial charge in [0, 0.05) is 55.5 Å². The van der Waals surface area contributed by atoms with Crippen molar-refractivity contribution in [1.82, 2.24) is 9.55 Å². The summed E-state index contributed by atoms with van der Waals surface area (Å²) in [5.74, 6) is 2.05. The first kappa shape index (κ1) is 35.1. The van der Waals surface area contributed by atoms with Crippen LogP contribution in [0.1, 0.15) is 26.3 Å². The molecule has 54 heavy (non-hydrogen) atoms. The predicted molar refractivity (Wildman–Crippen MR) is 217 cm³/mol. The van der Waals surface area contributed by atoms with E-state index in [1.165, 1.54) is 11.1 Å². The average molecular weight is 881 g/mol. The summed E-state index contributed by atoms with van der Waals surface area (Å²) in [6.45, 7) is 8.76. The normalized spacial score (nSPS) is 12.7. The summed E-state index contributed by atoms with van der Waals surface area (Å²) in [4.78, 5) is 9.07. The Balaban J connectivity index is 0.00000413. The third kappa shape index (κ3) is 6.72. The van der Waals surface area contributed by atoms with Crippen LogP contribution in [0.3, 0.4) is 0 Å². The van der Waals surface area contributed by atoms with E-state index in [-0.39, 0.29) is 26.5 Å². The van der Waals surface area contributed by atoms with Gasteiger partial charge in [0.25, 0.3) is 0 Å². The number of benzene rings is 6. The molecule has 268 valence electrons. The van der Waals surface area contributed by atoms with E-state index in [9.17, 15) is 0 Å². The Kier molecular flexibility index (Phi) is 9.43. The Hall–Kier alpha value is -5.90. The average Bonchev–Trinajstić information content (AvgIpc) is 3.82. The predicted octanol–water partition coefficient (Wildman–Crippen LogP) is 12.1. The Morgan fingerprint density at radius 1 is 0.611 bits per heavy atom. The summed E-state index contributed by atoms with van der Waals surface area (Å²) in [6.07, 6.45) is 6.03. The Labute approximate surface area is 331 Å². The molecule has 0 radical (unpaired) electrons. The molecule has 0 fully saturated rings. The second kappa shape index (κ2) is 14.5. The topological polar surface area (TPSA) is 33.5 Å². The molecule has 0 saturated heterocycles. The van der Waals surface area contributed by atoms with E-state index in [0.717, 1.165) is 55.7 Å². The molecule has 8 aromatic rings. The molecular weight excluding hydrogens is 844 g/mol. The van der Waals surface area contributed by atoms with Crippen LogP contribution < -0.4 is 14.5 Å². The third-order valence-electron chi connectivity index (χ3n) is 9.74. The molecule has 1 aliphatic heterocycles. The minimum Gasteiger partial charge on any atom is -0.509 e. The van der Waals surface area contributed by atoms with Crippen LogP contribution in [0.2, 0.25) is 0 Å². The van der Waals surface area contributed by atoms with Gasteiger partial charge in [-0.2, -0.15) is 6.07 Å². The van der Waals surface area contributed by atoms with Crippen molar-refractivity contribution in [3.05, 3.63) is 189 Å². The van der Waals surface area contributed by atoms with Crippen molar-refractivity contribution in [3.63, 3.8) is 0 Å². The van der Waals surface area contributed by atoms with E-state index in [2.05, 4.69) is 188 Å². The number of nitrogens with zero attached hydrogens (tertiary/aromatic N) is 4. The zero-order valence-electron chi connectivity index (χ0n) is 30.2. The fraction of sp³-hybridized carbons (Fsp3) is 0.0833. The summed E-state index contributed by atoms with van der Waals surface area (Å²) in [7, 11) is 0. The SMILES string of the molecule is CC(C)(C)c1ccnc(-n2c3[c-]c(Oc4[c-]c(N5C=CN(c6ccccc6-c6ccccc6)[CH-]5)cc(-c5ccccc5)c4)ccc3c3ccccc32)c1.[Pt]. The van der Waals surface area contributed by atoms with Gasteiger partial charge in [0.05, 0.1) is 0 Å². The Morgan fingerprint density at radius 2 is 1.31 bits per heavy atom. The van der Waals surface area contributed by atoms with E-state index < -0.39 is 0 Å².